The Kier molecular flexibility index (Phi) is 5.52. The third kappa shape index (κ3) is 4.45. The van der Waals surface area contributed by atoms with Crippen molar-refractivity contribution in [3.05, 3.63) is 52.3 Å². The lowest BCUT2D eigenvalue weighted by molar-refractivity contribution is 0.0607. The number of amides is 1. The number of aryl methyl sites for hydroxylation is 1. The summed E-state index contributed by atoms with van der Waals surface area (Å²) in [6, 6.07) is 5.92. The maximum Gasteiger partial charge on any atom is 0.256 e. The molecule has 1 aromatic carbocycles. The summed E-state index contributed by atoms with van der Waals surface area (Å²) in [5.41, 5.74) is 2.09. The van der Waals surface area contributed by atoms with Crippen molar-refractivity contribution in [2.24, 2.45) is 0 Å². The van der Waals surface area contributed by atoms with Crippen molar-refractivity contribution in [1.82, 2.24) is 19.5 Å². The summed E-state index contributed by atoms with van der Waals surface area (Å²) in [5, 5.41) is 14.8. The van der Waals surface area contributed by atoms with Crippen LogP contribution in [0.2, 0.25) is 5.02 Å². The Bertz CT molecular complexity index is 1240. The van der Waals surface area contributed by atoms with Gasteiger partial charge in [-0.1, -0.05) is 11.6 Å². The molecule has 1 aliphatic rings. The molecule has 0 aliphatic carbocycles. The highest BCUT2D eigenvalue weighted by Crippen LogP contribution is 2.34. The Labute approximate surface area is 184 Å². The van der Waals surface area contributed by atoms with Crippen molar-refractivity contribution < 1.29 is 18.3 Å². The number of carbonyl (C=O) groups is 1. The molecule has 31 heavy (non-hydrogen) atoms. The zero-order valence-corrected chi connectivity index (χ0v) is 18.6. The number of anilines is 1. The molecule has 9 nitrogen and oxygen atoms in total. The molecule has 1 amide bonds. The number of rotatable bonds is 4. The van der Waals surface area contributed by atoms with Crippen molar-refractivity contribution >= 4 is 38.9 Å². The van der Waals surface area contributed by atoms with Gasteiger partial charge in [-0.15, -0.1) is 0 Å². The second kappa shape index (κ2) is 8.01. The van der Waals surface area contributed by atoms with Gasteiger partial charge in [0.2, 0.25) is 15.9 Å². The van der Waals surface area contributed by atoms with Crippen LogP contribution in [0, 0.1) is 6.92 Å². The van der Waals surface area contributed by atoms with Gasteiger partial charge < -0.3 is 10.0 Å². The molecule has 4 rings (SSSR count). The van der Waals surface area contributed by atoms with Crippen LogP contribution in [0.5, 0.6) is 5.88 Å². The van der Waals surface area contributed by atoms with Crippen LogP contribution >= 0.6 is 11.6 Å². The fraction of sp³-hybridized carbons (Fsp3) is 0.350. The van der Waals surface area contributed by atoms with Crippen LogP contribution in [0.25, 0.3) is 5.65 Å². The summed E-state index contributed by atoms with van der Waals surface area (Å²) in [6.45, 7) is 2.23. The Morgan fingerprint density at radius 3 is 2.81 bits per heavy atom. The van der Waals surface area contributed by atoms with E-state index in [4.69, 9.17) is 11.6 Å². The Hall–Kier alpha value is -2.85. The number of hydrogen-bond acceptors (Lipinski definition) is 6. The first-order valence-electron chi connectivity index (χ1n) is 9.76. The predicted molar refractivity (Wildman–Crippen MR) is 117 cm³/mol. The third-order valence-corrected chi connectivity index (χ3v) is 6.06. The minimum Gasteiger partial charge on any atom is -0.493 e. The van der Waals surface area contributed by atoms with Gasteiger partial charge in [0.25, 0.3) is 5.91 Å². The number of piperidine rings is 1. The molecule has 3 heterocycles. The highest BCUT2D eigenvalue weighted by atomic mass is 35.5. The number of fused-ring (bicyclic) bond motifs is 1. The van der Waals surface area contributed by atoms with Crippen LogP contribution in [0.4, 0.5) is 5.69 Å². The van der Waals surface area contributed by atoms with Gasteiger partial charge in [-0.3, -0.25) is 9.52 Å². The van der Waals surface area contributed by atoms with E-state index in [2.05, 4.69) is 14.8 Å². The summed E-state index contributed by atoms with van der Waals surface area (Å²) >= 11 is 6.11. The lowest BCUT2D eigenvalue weighted by atomic mass is 9.98. The quantitative estimate of drug-likeness (QED) is 0.613. The number of hydrogen-bond donors (Lipinski definition) is 2. The predicted octanol–water partition coefficient (Wildman–Crippen LogP) is 3.14. The molecular weight excluding hydrogens is 442 g/mol. The number of aromatic nitrogens is 3. The van der Waals surface area contributed by atoms with Gasteiger partial charge >= 0.3 is 0 Å². The molecule has 1 atom stereocenters. The van der Waals surface area contributed by atoms with Crippen molar-refractivity contribution in [2.75, 3.05) is 17.5 Å². The lowest BCUT2D eigenvalue weighted by Gasteiger charge is -2.35. The number of benzene rings is 1. The molecule has 3 aromatic rings. The largest absolute Gasteiger partial charge is 0.493 e. The van der Waals surface area contributed by atoms with Crippen LogP contribution in [0.15, 0.2) is 30.5 Å². The van der Waals surface area contributed by atoms with Gasteiger partial charge in [0.15, 0.2) is 5.65 Å². The SMILES string of the molecule is Cc1cn2nc([C@@H]3CCCCN3C(=O)c3cc(Cl)ccc3NS(C)(=O)=O)cc2nc1O. The molecule has 1 fully saturated rings. The Balaban J connectivity index is 1.73. The van der Waals surface area contributed by atoms with E-state index in [1.807, 2.05) is 0 Å². The number of aromatic hydroxyl groups is 1. The van der Waals surface area contributed by atoms with Crippen LogP contribution in [0.3, 0.4) is 0 Å². The molecule has 164 valence electrons. The maximum atomic E-state index is 13.5. The minimum atomic E-state index is -3.58. The molecule has 0 bridgehead atoms. The smallest absolute Gasteiger partial charge is 0.256 e. The van der Waals surface area contributed by atoms with Crippen LogP contribution in [-0.2, 0) is 10.0 Å². The molecule has 0 unspecified atom stereocenters. The number of nitrogens with zero attached hydrogens (tertiary/aromatic N) is 4. The molecule has 1 saturated heterocycles. The molecule has 11 heteroatoms. The highest BCUT2D eigenvalue weighted by Gasteiger charge is 2.32. The standard InChI is InChI=1S/C20H22ClN5O4S/c1-12-11-26-18(22-19(12)27)10-16(23-26)17-5-3-4-8-25(17)20(28)14-9-13(21)6-7-15(14)24-31(2,29)30/h6-7,9-11,17,24H,3-5,8H2,1-2H3,(H,22,27)/t17-/m0/s1. The fourth-order valence-corrected chi connectivity index (χ4v) is 4.55. The van der Waals surface area contributed by atoms with E-state index < -0.39 is 10.0 Å². The van der Waals surface area contributed by atoms with E-state index in [1.54, 1.807) is 28.6 Å². The van der Waals surface area contributed by atoms with Crippen LogP contribution in [-0.4, -0.2) is 51.7 Å². The van der Waals surface area contributed by atoms with E-state index in [0.717, 1.165) is 19.1 Å². The average Bonchev–Trinajstić information content (AvgIpc) is 3.10. The van der Waals surface area contributed by atoms with Gasteiger partial charge in [-0.05, 0) is 44.4 Å². The van der Waals surface area contributed by atoms with E-state index >= 15 is 0 Å². The summed E-state index contributed by atoms with van der Waals surface area (Å²) in [6.07, 6.45) is 5.16. The highest BCUT2D eigenvalue weighted by molar-refractivity contribution is 7.92. The minimum absolute atomic E-state index is 0.0639. The molecule has 2 N–H and O–H groups in total. The first kappa shape index (κ1) is 21.4. The number of likely N-dealkylation sites (tertiary alicyclic amines) is 1. The molecule has 2 aromatic heterocycles. The first-order valence-corrected chi connectivity index (χ1v) is 12.0. The second-order valence-corrected chi connectivity index (χ2v) is 9.88. The van der Waals surface area contributed by atoms with E-state index in [-0.39, 0.29) is 29.1 Å². The molecule has 0 saturated carbocycles. The monoisotopic (exact) mass is 463 g/mol. The third-order valence-electron chi connectivity index (χ3n) is 5.24. The number of halogens is 1. The topological polar surface area (TPSA) is 117 Å². The summed E-state index contributed by atoms with van der Waals surface area (Å²) in [7, 11) is -3.58. The van der Waals surface area contributed by atoms with Crippen molar-refractivity contribution in [1.29, 1.82) is 0 Å². The fourth-order valence-electron chi connectivity index (χ4n) is 3.80. The van der Waals surface area contributed by atoms with Gasteiger partial charge in [-0.2, -0.15) is 10.1 Å². The summed E-state index contributed by atoms with van der Waals surface area (Å²) < 4.78 is 27.5. The van der Waals surface area contributed by atoms with Crippen molar-refractivity contribution in [3.63, 3.8) is 0 Å². The molecule has 1 aliphatic heterocycles. The summed E-state index contributed by atoms with van der Waals surface area (Å²) in [4.78, 5) is 19.3. The molecule has 0 spiro atoms. The lowest BCUT2D eigenvalue weighted by Crippen LogP contribution is -2.39. The Morgan fingerprint density at radius 2 is 2.06 bits per heavy atom. The van der Waals surface area contributed by atoms with Crippen LogP contribution in [0.1, 0.15) is 46.9 Å². The molecular formula is C20H22ClN5O4S. The van der Waals surface area contributed by atoms with E-state index in [1.165, 1.54) is 18.2 Å². The number of sulfonamides is 1. The van der Waals surface area contributed by atoms with Crippen LogP contribution < -0.4 is 4.72 Å². The zero-order chi connectivity index (χ0) is 22.3. The normalized spacial score (nSPS) is 17.1. The second-order valence-electron chi connectivity index (χ2n) is 7.69. The average molecular weight is 464 g/mol. The van der Waals surface area contributed by atoms with Crippen molar-refractivity contribution in [2.45, 2.75) is 32.2 Å². The van der Waals surface area contributed by atoms with E-state index in [9.17, 15) is 18.3 Å². The number of nitrogens with one attached hydrogen (secondary N) is 1. The Morgan fingerprint density at radius 1 is 1.29 bits per heavy atom. The summed E-state index contributed by atoms with van der Waals surface area (Å²) in [5.74, 6) is -0.395. The number of carbonyl (C=O) groups excluding carboxylic acids is 1. The first-order chi connectivity index (χ1) is 14.6. The van der Waals surface area contributed by atoms with E-state index in [0.29, 0.717) is 34.9 Å². The van der Waals surface area contributed by atoms with Gasteiger partial charge in [0.1, 0.15) is 0 Å². The van der Waals surface area contributed by atoms with Crippen molar-refractivity contribution in [3.8, 4) is 5.88 Å². The van der Waals surface area contributed by atoms with Gasteiger partial charge in [-0.25, -0.2) is 12.9 Å². The molecule has 0 radical (unpaired) electrons. The van der Waals surface area contributed by atoms with Gasteiger partial charge in [0, 0.05) is 29.4 Å². The van der Waals surface area contributed by atoms with Gasteiger partial charge in [0.05, 0.1) is 29.2 Å². The maximum absolute atomic E-state index is 13.5. The zero-order valence-electron chi connectivity index (χ0n) is 17.0.